The standard InChI is InChI=1S/C17H15Br2FN4O2/c1-11(18)9-22-17(21-2)26-8-7-25-16-14(15(20)23-10-24-16)12-3-5-13(19)6-4-12/h3-6,9-10H,2,7-8H2,1H3/b11-9+,22-17+. The Bertz CT molecular complexity index is 822. The second-order valence-corrected chi connectivity index (χ2v) is 7.00. The monoisotopic (exact) mass is 484 g/mol. The van der Waals surface area contributed by atoms with Crippen molar-refractivity contribution in [2.75, 3.05) is 13.2 Å². The maximum atomic E-state index is 14.2. The van der Waals surface area contributed by atoms with Gasteiger partial charge in [0.2, 0.25) is 11.8 Å². The molecule has 0 bridgehead atoms. The Morgan fingerprint density at radius 2 is 2.00 bits per heavy atom. The van der Waals surface area contributed by atoms with Gasteiger partial charge in [-0.15, -0.1) is 0 Å². The lowest BCUT2D eigenvalue weighted by Crippen LogP contribution is -2.12. The van der Waals surface area contributed by atoms with Crippen LogP contribution in [0.5, 0.6) is 5.88 Å². The number of hydrogen-bond acceptors (Lipinski definition) is 5. The van der Waals surface area contributed by atoms with Crippen LogP contribution in [0.25, 0.3) is 11.1 Å². The van der Waals surface area contributed by atoms with Crippen molar-refractivity contribution in [3.8, 4) is 17.0 Å². The Hall–Kier alpha value is -2.13. The van der Waals surface area contributed by atoms with E-state index in [1.165, 1.54) is 6.20 Å². The van der Waals surface area contributed by atoms with Gasteiger partial charge in [-0.2, -0.15) is 4.39 Å². The van der Waals surface area contributed by atoms with Crippen molar-refractivity contribution in [3.63, 3.8) is 0 Å². The number of aromatic nitrogens is 2. The second kappa shape index (κ2) is 10.1. The zero-order chi connectivity index (χ0) is 18.9. The van der Waals surface area contributed by atoms with Gasteiger partial charge in [0.1, 0.15) is 19.5 Å². The van der Waals surface area contributed by atoms with Crippen LogP contribution < -0.4 is 4.74 Å². The van der Waals surface area contributed by atoms with Gasteiger partial charge in [0.05, 0.1) is 5.56 Å². The first-order chi connectivity index (χ1) is 12.5. The number of benzene rings is 1. The molecule has 2 rings (SSSR count). The molecule has 0 spiro atoms. The van der Waals surface area contributed by atoms with Crippen LogP contribution in [-0.2, 0) is 4.74 Å². The first-order valence-corrected chi connectivity index (χ1v) is 8.98. The fourth-order valence-electron chi connectivity index (χ4n) is 1.86. The van der Waals surface area contributed by atoms with Gasteiger partial charge in [-0.25, -0.2) is 20.0 Å². The number of halogens is 3. The van der Waals surface area contributed by atoms with Crippen LogP contribution in [0.15, 0.2) is 55.7 Å². The minimum absolute atomic E-state index is 0.106. The van der Waals surface area contributed by atoms with E-state index in [2.05, 4.69) is 58.5 Å². The highest BCUT2D eigenvalue weighted by Crippen LogP contribution is 2.30. The number of rotatable bonds is 6. The highest BCUT2D eigenvalue weighted by Gasteiger charge is 2.15. The number of aliphatic imine (C=N–C) groups is 2. The molecule has 0 radical (unpaired) electrons. The third-order valence-electron chi connectivity index (χ3n) is 2.94. The third-order valence-corrected chi connectivity index (χ3v) is 3.67. The van der Waals surface area contributed by atoms with E-state index < -0.39 is 5.95 Å². The molecule has 26 heavy (non-hydrogen) atoms. The average molecular weight is 486 g/mol. The van der Waals surface area contributed by atoms with Crippen LogP contribution in [0.1, 0.15) is 6.92 Å². The lowest BCUT2D eigenvalue weighted by atomic mass is 10.1. The summed E-state index contributed by atoms with van der Waals surface area (Å²) in [5, 5.41) is 0. The third kappa shape index (κ3) is 5.99. The van der Waals surface area contributed by atoms with Crippen LogP contribution in [0.3, 0.4) is 0 Å². The van der Waals surface area contributed by atoms with E-state index in [4.69, 9.17) is 9.47 Å². The van der Waals surface area contributed by atoms with Crippen LogP contribution in [-0.4, -0.2) is 35.9 Å². The zero-order valence-corrected chi connectivity index (χ0v) is 17.0. The van der Waals surface area contributed by atoms with Crippen molar-refractivity contribution >= 4 is 44.6 Å². The van der Waals surface area contributed by atoms with Crippen molar-refractivity contribution in [1.82, 2.24) is 9.97 Å². The molecule has 0 atom stereocenters. The van der Waals surface area contributed by atoms with E-state index in [1.54, 1.807) is 24.3 Å². The van der Waals surface area contributed by atoms with Crippen molar-refractivity contribution in [3.05, 3.63) is 51.7 Å². The van der Waals surface area contributed by atoms with Gasteiger partial charge in [0.25, 0.3) is 0 Å². The fraction of sp³-hybridized carbons (Fsp3) is 0.176. The van der Waals surface area contributed by atoms with Crippen LogP contribution in [0.2, 0.25) is 0 Å². The van der Waals surface area contributed by atoms with Crippen molar-refractivity contribution < 1.29 is 13.9 Å². The van der Waals surface area contributed by atoms with Crippen molar-refractivity contribution in [1.29, 1.82) is 0 Å². The van der Waals surface area contributed by atoms with E-state index in [1.807, 2.05) is 6.92 Å². The predicted molar refractivity (Wildman–Crippen MR) is 106 cm³/mol. The number of allylic oxidation sites excluding steroid dienone is 1. The Balaban J connectivity index is 2.05. The molecule has 9 heteroatoms. The number of nitrogens with zero attached hydrogens (tertiary/aromatic N) is 4. The summed E-state index contributed by atoms with van der Waals surface area (Å²) in [6.45, 7) is 5.46. The number of amidine groups is 1. The predicted octanol–water partition coefficient (Wildman–Crippen LogP) is 4.75. The summed E-state index contributed by atoms with van der Waals surface area (Å²) in [6.07, 6.45) is 2.64. The van der Waals surface area contributed by atoms with Gasteiger partial charge in [-0.1, -0.05) is 44.0 Å². The Morgan fingerprint density at radius 1 is 1.27 bits per heavy atom. The summed E-state index contributed by atoms with van der Waals surface area (Å²) in [6, 6.07) is 7.20. The molecule has 2 aromatic rings. The van der Waals surface area contributed by atoms with E-state index in [0.717, 1.165) is 15.3 Å². The van der Waals surface area contributed by atoms with E-state index in [0.29, 0.717) is 5.56 Å². The molecule has 6 nitrogen and oxygen atoms in total. The molecule has 1 aromatic heterocycles. The highest BCUT2D eigenvalue weighted by molar-refractivity contribution is 9.11. The van der Waals surface area contributed by atoms with Gasteiger partial charge >= 0.3 is 6.02 Å². The SMILES string of the molecule is C=N/C(=N\C=C(/C)Br)OCCOc1ncnc(F)c1-c1ccc(Br)cc1. The van der Waals surface area contributed by atoms with Crippen molar-refractivity contribution in [2.45, 2.75) is 6.92 Å². The maximum absolute atomic E-state index is 14.2. The first-order valence-electron chi connectivity index (χ1n) is 7.40. The maximum Gasteiger partial charge on any atom is 0.315 e. The topological polar surface area (TPSA) is 69.0 Å². The van der Waals surface area contributed by atoms with Gasteiger partial charge in [0, 0.05) is 15.2 Å². The molecule has 0 fully saturated rings. The van der Waals surface area contributed by atoms with Gasteiger partial charge in [0.15, 0.2) is 0 Å². The summed E-state index contributed by atoms with van der Waals surface area (Å²) < 4.78 is 26.8. The molecule has 0 saturated carbocycles. The zero-order valence-electron chi connectivity index (χ0n) is 13.8. The molecule has 0 aliphatic carbocycles. The summed E-state index contributed by atoms with van der Waals surface area (Å²) in [7, 11) is 0. The van der Waals surface area contributed by atoms with Crippen molar-refractivity contribution in [2.24, 2.45) is 9.98 Å². The first kappa shape index (κ1) is 20.2. The van der Waals surface area contributed by atoms with Gasteiger partial charge in [-0.3, -0.25) is 0 Å². The molecule has 136 valence electrons. The Kier molecular flexibility index (Phi) is 7.86. The largest absolute Gasteiger partial charge is 0.473 e. The van der Waals surface area contributed by atoms with Crippen LogP contribution in [0, 0.1) is 5.95 Å². The van der Waals surface area contributed by atoms with E-state index >= 15 is 0 Å². The van der Waals surface area contributed by atoms with Gasteiger partial charge < -0.3 is 9.47 Å². The minimum atomic E-state index is -0.661. The fourth-order valence-corrected chi connectivity index (χ4v) is 2.22. The number of ether oxygens (including phenoxy) is 2. The molecule has 0 aliphatic heterocycles. The molecule has 0 N–H and O–H groups in total. The lowest BCUT2D eigenvalue weighted by molar-refractivity contribution is 0.202. The smallest absolute Gasteiger partial charge is 0.315 e. The lowest BCUT2D eigenvalue weighted by Gasteiger charge is -2.11. The molecule has 0 unspecified atom stereocenters. The summed E-state index contributed by atoms with van der Waals surface area (Å²) >= 11 is 6.59. The molecular formula is C17H15Br2FN4O2. The van der Waals surface area contributed by atoms with E-state index in [-0.39, 0.29) is 30.7 Å². The summed E-state index contributed by atoms with van der Waals surface area (Å²) in [5.74, 6) is -0.532. The van der Waals surface area contributed by atoms with E-state index in [9.17, 15) is 4.39 Å². The molecular weight excluding hydrogens is 471 g/mol. The molecule has 1 heterocycles. The molecule has 1 aromatic carbocycles. The molecule has 0 saturated heterocycles. The minimum Gasteiger partial charge on any atom is -0.473 e. The van der Waals surface area contributed by atoms with Gasteiger partial charge in [-0.05, 0) is 31.3 Å². The molecule has 0 amide bonds. The normalized spacial score (nSPS) is 12.0. The second-order valence-electron chi connectivity index (χ2n) is 4.83. The Labute approximate surface area is 167 Å². The average Bonchev–Trinajstić information content (AvgIpc) is 2.62. The van der Waals surface area contributed by atoms with Crippen LogP contribution >= 0.6 is 31.9 Å². The quantitative estimate of drug-likeness (QED) is 0.256. The van der Waals surface area contributed by atoms with Crippen LogP contribution in [0.4, 0.5) is 4.39 Å². The molecule has 0 aliphatic rings. The summed E-state index contributed by atoms with van der Waals surface area (Å²) in [5.41, 5.74) is 0.795. The highest BCUT2D eigenvalue weighted by atomic mass is 79.9. The number of hydrogen-bond donors (Lipinski definition) is 0. The Morgan fingerprint density at radius 3 is 2.65 bits per heavy atom. The summed E-state index contributed by atoms with van der Waals surface area (Å²) in [4.78, 5) is 15.3.